The van der Waals surface area contributed by atoms with Gasteiger partial charge in [0.1, 0.15) is 0 Å². The summed E-state index contributed by atoms with van der Waals surface area (Å²) in [6.45, 7) is 0. The van der Waals surface area contributed by atoms with Gasteiger partial charge < -0.3 is 5.73 Å². The van der Waals surface area contributed by atoms with E-state index in [-0.39, 0.29) is 0 Å². The number of rotatable bonds is 0. The maximum Gasteiger partial charge on any atom is 0.0786 e. The number of nitrogens with two attached hydrogens (primary N) is 1. The molecule has 0 saturated carbocycles. The first-order valence-electron chi connectivity index (χ1n) is 2.18. The van der Waals surface area contributed by atoms with Gasteiger partial charge in [-0.25, -0.2) is 0 Å². The van der Waals surface area contributed by atoms with E-state index in [4.69, 9.17) is 5.73 Å². The predicted molar refractivity (Wildman–Crippen MR) is 35.4 cm³/mol. The van der Waals surface area contributed by atoms with Crippen LogP contribution < -0.4 is 5.73 Å². The van der Waals surface area contributed by atoms with Crippen LogP contribution in [0.15, 0.2) is 17.5 Å². The molecule has 0 radical (unpaired) electrons. The van der Waals surface area contributed by atoms with Crippen molar-refractivity contribution in [3.8, 4) is 12.0 Å². The van der Waals surface area contributed by atoms with Gasteiger partial charge in [-0.15, -0.1) is 11.3 Å². The summed E-state index contributed by atoms with van der Waals surface area (Å²) >= 11 is 1.59. The van der Waals surface area contributed by atoms with E-state index in [9.17, 15) is 0 Å². The van der Waals surface area contributed by atoms with Gasteiger partial charge in [-0.05, 0) is 17.4 Å². The van der Waals surface area contributed by atoms with E-state index in [1.165, 1.54) is 0 Å². The third-order valence-corrected chi connectivity index (χ3v) is 1.50. The van der Waals surface area contributed by atoms with Crippen LogP contribution in [0.5, 0.6) is 0 Å². The molecule has 40 valence electrons. The number of hydrogen-bond acceptors (Lipinski definition) is 2. The molecule has 0 aliphatic carbocycles. The first-order valence-corrected chi connectivity index (χ1v) is 3.06. The average molecular weight is 123 g/mol. The summed E-state index contributed by atoms with van der Waals surface area (Å²) in [6, 6.07) is 6.21. The Balaban J connectivity index is 2.88. The summed E-state index contributed by atoms with van der Waals surface area (Å²) < 4.78 is 0. The molecule has 0 aliphatic heterocycles. The Bertz CT molecular complexity index is 202. The van der Waals surface area contributed by atoms with Gasteiger partial charge in [-0.1, -0.05) is 6.07 Å². The largest absolute Gasteiger partial charge is 0.359 e. The average Bonchev–Trinajstić information content (AvgIpc) is 2.19. The van der Waals surface area contributed by atoms with Crippen molar-refractivity contribution in [2.45, 2.75) is 0 Å². The summed E-state index contributed by atoms with van der Waals surface area (Å²) in [6.07, 6.45) is 0. The third kappa shape index (κ3) is 1.02. The molecule has 1 aromatic rings. The van der Waals surface area contributed by atoms with E-state index >= 15 is 0 Å². The van der Waals surface area contributed by atoms with Crippen molar-refractivity contribution in [2.75, 3.05) is 0 Å². The van der Waals surface area contributed by atoms with Gasteiger partial charge in [0, 0.05) is 6.04 Å². The van der Waals surface area contributed by atoms with Crippen LogP contribution in [0.3, 0.4) is 0 Å². The molecule has 0 bridgehead atoms. The van der Waals surface area contributed by atoms with Crippen LogP contribution in [0, 0.1) is 12.0 Å². The molecule has 0 aromatic carbocycles. The highest BCUT2D eigenvalue weighted by Gasteiger charge is 1.80. The van der Waals surface area contributed by atoms with Crippen LogP contribution in [-0.2, 0) is 0 Å². The quantitative estimate of drug-likeness (QED) is 0.404. The Morgan fingerprint density at radius 3 is 3.00 bits per heavy atom. The second-order valence-corrected chi connectivity index (χ2v) is 2.19. The Morgan fingerprint density at radius 1 is 1.62 bits per heavy atom. The monoisotopic (exact) mass is 123 g/mol. The van der Waals surface area contributed by atoms with Gasteiger partial charge in [0.05, 0.1) is 4.88 Å². The standard InChI is InChI=1S/C6H5NS/c7-4-3-6-2-1-5-8-6/h1-2,5H,7H2. The fraction of sp³-hybridized carbons (Fsp3) is 0. The molecule has 0 unspecified atom stereocenters. The molecule has 1 nitrogen and oxygen atoms in total. The molecule has 0 spiro atoms. The molecule has 0 amide bonds. The van der Waals surface area contributed by atoms with E-state index < -0.39 is 0 Å². The lowest BCUT2D eigenvalue weighted by Crippen LogP contribution is -1.75. The van der Waals surface area contributed by atoms with Crippen molar-refractivity contribution >= 4 is 11.3 Å². The van der Waals surface area contributed by atoms with E-state index in [0.29, 0.717) is 0 Å². The molecule has 1 rings (SSSR count). The smallest absolute Gasteiger partial charge is 0.0786 e. The molecule has 0 saturated heterocycles. The second kappa shape index (κ2) is 2.39. The number of thiophene rings is 1. The van der Waals surface area contributed by atoms with E-state index in [1.807, 2.05) is 17.5 Å². The van der Waals surface area contributed by atoms with Gasteiger partial charge >= 0.3 is 0 Å². The van der Waals surface area contributed by atoms with Gasteiger partial charge in [0.25, 0.3) is 0 Å². The zero-order valence-corrected chi connectivity index (χ0v) is 5.03. The third-order valence-electron chi connectivity index (χ3n) is 0.717. The summed E-state index contributed by atoms with van der Waals surface area (Å²) in [7, 11) is 0. The highest BCUT2D eigenvalue weighted by atomic mass is 32.1. The minimum atomic E-state index is 1.02. The van der Waals surface area contributed by atoms with E-state index in [0.717, 1.165) is 4.88 Å². The fourth-order valence-corrected chi connectivity index (χ4v) is 1.000. The maximum atomic E-state index is 4.97. The Labute approximate surface area is 52.1 Å². The minimum Gasteiger partial charge on any atom is -0.359 e. The Kier molecular flexibility index (Phi) is 1.55. The fourth-order valence-electron chi connectivity index (χ4n) is 0.421. The first-order chi connectivity index (χ1) is 3.93. The minimum absolute atomic E-state index is 1.02. The van der Waals surface area contributed by atoms with Gasteiger partial charge in [-0.2, -0.15) is 0 Å². The summed E-state index contributed by atoms with van der Waals surface area (Å²) in [4.78, 5) is 1.02. The van der Waals surface area contributed by atoms with Crippen molar-refractivity contribution < 1.29 is 0 Å². The lowest BCUT2D eigenvalue weighted by Gasteiger charge is -1.69. The van der Waals surface area contributed by atoms with Gasteiger partial charge in [-0.3, -0.25) is 0 Å². The highest BCUT2D eigenvalue weighted by Crippen LogP contribution is 2.04. The summed E-state index contributed by atoms with van der Waals surface area (Å²) in [5.74, 6) is 2.73. The molecule has 0 fully saturated rings. The van der Waals surface area contributed by atoms with Crippen LogP contribution >= 0.6 is 11.3 Å². The molecule has 0 aliphatic rings. The summed E-state index contributed by atoms with van der Waals surface area (Å²) in [5.41, 5.74) is 4.97. The van der Waals surface area contributed by atoms with Crippen LogP contribution in [0.25, 0.3) is 0 Å². The van der Waals surface area contributed by atoms with Crippen LogP contribution in [0.4, 0.5) is 0 Å². The topological polar surface area (TPSA) is 26.0 Å². The molecule has 8 heavy (non-hydrogen) atoms. The molecule has 2 heteroatoms. The normalized spacial score (nSPS) is 7.50. The molecule has 0 atom stereocenters. The van der Waals surface area contributed by atoms with Crippen molar-refractivity contribution in [3.63, 3.8) is 0 Å². The molecule has 1 heterocycles. The zero-order chi connectivity index (χ0) is 5.82. The van der Waals surface area contributed by atoms with E-state index in [2.05, 4.69) is 12.0 Å². The summed E-state index contributed by atoms with van der Waals surface area (Å²) in [5, 5.41) is 1.97. The molecule has 1 aromatic heterocycles. The Morgan fingerprint density at radius 2 is 2.50 bits per heavy atom. The zero-order valence-electron chi connectivity index (χ0n) is 4.22. The van der Waals surface area contributed by atoms with Crippen LogP contribution in [0.1, 0.15) is 4.88 Å². The van der Waals surface area contributed by atoms with E-state index in [1.54, 1.807) is 11.3 Å². The van der Waals surface area contributed by atoms with Crippen molar-refractivity contribution in [1.29, 1.82) is 0 Å². The molecular weight excluding hydrogens is 118 g/mol. The SMILES string of the molecule is NC#Cc1cccs1. The highest BCUT2D eigenvalue weighted by molar-refractivity contribution is 7.10. The lowest BCUT2D eigenvalue weighted by molar-refractivity contribution is 1.73. The van der Waals surface area contributed by atoms with Crippen LogP contribution in [-0.4, -0.2) is 0 Å². The second-order valence-electron chi connectivity index (χ2n) is 1.25. The maximum absolute atomic E-state index is 4.97. The van der Waals surface area contributed by atoms with Gasteiger partial charge in [0.15, 0.2) is 0 Å². The molecular formula is C6H5NS. The first kappa shape index (κ1) is 5.20. The lowest BCUT2D eigenvalue weighted by atomic mass is 10.5. The van der Waals surface area contributed by atoms with Crippen LogP contribution in [0.2, 0.25) is 0 Å². The van der Waals surface area contributed by atoms with Crippen molar-refractivity contribution in [2.24, 2.45) is 5.73 Å². The predicted octanol–water partition coefficient (Wildman–Crippen LogP) is 1.02. The Hall–Kier alpha value is -0.940. The number of hydrogen-bond donors (Lipinski definition) is 1. The molecule has 2 N–H and O–H groups in total. The van der Waals surface area contributed by atoms with Crippen molar-refractivity contribution in [1.82, 2.24) is 0 Å². The van der Waals surface area contributed by atoms with Gasteiger partial charge in [0.2, 0.25) is 0 Å². The van der Waals surface area contributed by atoms with Crippen molar-refractivity contribution in [3.05, 3.63) is 22.4 Å².